The molecule has 1 heterocycles. The van der Waals surface area contributed by atoms with Gasteiger partial charge >= 0.3 is 11.9 Å². The van der Waals surface area contributed by atoms with Crippen LogP contribution in [0.1, 0.15) is 5.56 Å². The second kappa shape index (κ2) is 5.11. The molecule has 104 valence electrons. The third-order valence-corrected chi connectivity index (χ3v) is 2.30. The molecule has 0 bridgehead atoms. The van der Waals surface area contributed by atoms with Crippen molar-refractivity contribution in [2.45, 2.75) is 6.18 Å². The summed E-state index contributed by atoms with van der Waals surface area (Å²) in [7, 11) is 0. The Morgan fingerprint density at radius 2 is 1.85 bits per heavy atom. The summed E-state index contributed by atoms with van der Waals surface area (Å²) in [5.41, 5.74) is -0.988. The minimum Gasteiger partial charge on any atom is -0.324 e. The third kappa shape index (κ3) is 3.19. The second-order valence-corrected chi connectivity index (χ2v) is 3.73. The van der Waals surface area contributed by atoms with Gasteiger partial charge in [0.1, 0.15) is 12.4 Å². The van der Waals surface area contributed by atoms with Crippen molar-refractivity contribution in [3.8, 4) is 0 Å². The lowest BCUT2D eigenvalue weighted by atomic mass is 10.2. The maximum absolute atomic E-state index is 12.5. The molecule has 6 nitrogen and oxygen atoms in total. The van der Waals surface area contributed by atoms with Gasteiger partial charge in [0.25, 0.3) is 0 Å². The molecule has 2 aromatic rings. The van der Waals surface area contributed by atoms with Crippen molar-refractivity contribution >= 4 is 17.3 Å². The van der Waals surface area contributed by atoms with Gasteiger partial charge in [-0.15, -0.1) is 0 Å². The van der Waals surface area contributed by atoms with Gasteiger partial charge in [-0.05, 0) is 18.2 Å². The van der Waals surface area contributed by atoms with Crippen LogP contribution in [0.3, 0.4) is 0 Å². The van der Waals surface area contributed by atoms with Gasteiger partial charge in [0.05, 0.1) is 10.5 Å². The first-order valence-electron chi connectivity index (χ1n) is 5.27. The zero-order valence-corrected chi connectivity index (χ0v) is 9.76. The van der Waals surface area contributed by atoms with Crippen molar-refractivity contribution in [2.75, 3.05) is 5.32 Å². The molecule has 0 saturated carbocycles. The van der Waals surface area contributed by atoms with Crippen molar-refractivity contribution in [3.05, 3.63) is 52.3 Å². The van der Waals surface area contributed by atoms with Crippen molar-refractivity contribution in [2.24, 2.45) is 0 Å². The average Bonchev–Trinajstić information content (AvgIpc) is 2.38. The summed E-state index contributed by atoms with van der Waals surface area (Å²) >= 11 is 0. The fourth-order valence-electron chi connectivity index (χ4n) is 1.38. The van der Waals surface area contributed by atoms with E-state index in [4.69, 9.17) is 0 Å². The van der Waals surface area contributed by atoms with Gasteiger partial charge in [-0.25, -0.2) is 9.97 Å². The Morgan fingerprint density at radius 1 is 1.20 bits per heavy atom. The monoisotopic (exact) mass is 284 g/mol. The summed E-state index contributed by atoms with van der Waals surface area (Å²) in [6.45, 7) is 0. The minimum absolute atomic E-state index is 0.0325. The molecule has 2 rings (SSSR count). The first-order valence-corrected chi connectivity index (χ1v) is 5.27. The van der Waals surface area contributed by atoms with E-state index in [1.807, 2.05) is 0 Å². The Kier molecular flexibility index (Phi) is 3.51. The quantitative estimate of drug-likeness (QED) is 0.691. The highest BCUT2D eigenvalue weighted by atomic mass is 19.4. The van der Waals surface area contributed by atoms with E-state index < -0.39 is 16.7 Å². The number of benzene rings is 1. The van der Waals surface area contributed by atoms with Gasteiger partial charge in [-0.3, -0.25) is 10.1 Å². The van der Waals surface area contributed by atoms with Crippen LogP contribution >= 0.6 is 0 Å². The SMILES string of the molecule is O=[N+]([O-])c1cnc(Nc2cccc(C(F)(F)F)c2)nc1. The van der Waals surface area contributed by atoms with E-state index in [1.54, 1.807) is 0 Å². The number of anilines is 2. The Balaban J connectivity index is 2.20. The molecule has 1 N–H and O–H groups in total. The first-order chi connectivity index (χ1) is 9.36. The van der Waals surface area contributed by atoms with Crippen molar-refractivity contribution in [1.82, 2.24) is 9.97 Å². The maximum Gasteiger partial charge on any atom is 0.416 e. The van der Waals surface area contributed by atoms with Gasteiger partial charge in [-0.1, -0.05) is 6.07 Å². The molecule has 1 aromatic heterocycles. The first kappa shape index (κ1) is 13.7. The standard InChI is InChI=1S/C11H7F3N4O2/c12-11(13,14)7-2-1-3-8(4-7)17-10-15-5-9(6-16-10)18(19)20/h1-6H,(H,15,16,17). The van der Waals surface area contributed by atoms with Crippen LogP contribution in [-0.2, 0) is 6.18 Å². The highest BCUT2D eigenvalue weighted by molar-refractivity contribution is 5.54. The van der Waals surface area contributed by atoms with Crippen LogP contribution in [0.2, 0.25) is 0 Å². The van der Waals surface area contributed by atoms with E-state index in [-0.39, 0.29) is 17.3 Å². The van der Waals surface area contributed by atoms with E-state index in [0.29, 0.717) is 0 Å². The van der Waals surface area contributed by atoms with Crippen LogP contribution in [0.5, 0.6) is 0 Å². The molecule has 0 unspecified atom stereocenters. The number of hydrogen-bond acceptors (Lipinski definition) is 5. The number of nitrogens with zero attached hydrogens (tertiary/aromatic N) is 3. The second-order valence-electron chi connectivity index (χ2n) is 3.73. The molecular formula is C11H7F3N4O2. The summed E-state index contributed by atoms with van der Waals surface area (Å²) in [6.07, 6.45) is -2.53. The molecule has 20 heavy (non-hydrogen) atoms. The lowest BCUT2D eigenvalue weighted by molar-refractivity contribution is -0.385. The lowest BCUT2D eigenvalue weighted by Crippen LogP contribution is -2.05. The van der Waals surface area contributed by atoms with Gasteiger partial charge in [0.2, 0.25) is 5.95 Å². The fourth-order valence-corrected chi connectivity index (χ4v) is 1.38. The summed E-state index contributed by atoms with van der Waals surface area (Å²) in [5.74, 6) is -0.0325. The van der Waals surface area contributed by atoms with Crippen molar-refractivity contribution in [3.63, 3.8) is 0 Å². The molecule has 0 fully saturated rings. The van der Waals surface area contributed by atoms with E-state index in [2.05, 4.69) is 15.3 Å². The Bertz CT molecular complexity index is 628. The molecule has 0 amide bonds. The largest absolute Gasteiger partial charge is 0.416 e. The van der Waals surface area contributed by atoms with E-state index >= 15 is 0 Å². The fraction of sp³-hybridized carbons (Fsp3) is 0.0909. The van der Waals surface area contributed by atoms with Crippen LogP contribution in [0.15, 0.2) is 36.7 Å². The number of aromatic nitrogens is 2. The summed E-state index contributed by atoms with van der Waals surface area (Å²) < 4.78 is 37.5. The molecule has 0 radical (unpaired) electrons. The van der Waals surface area contributed by atoms with Gasteiger partial charge in [0.15, 0.2) is 0 Å². The molecular weight excluding hydrogens is 277 g/mol. The predicted octanol–water partition coefficient (Wildman–Crippen LogP) is 3.15. The topological polar surface area (TPSA) is 81.0 Å². The number of nitrogens with one attached hydrogen (secondary N) is 1. The Morgan fingerprint density at radius 3 is 2.40 bits per heavy atom. The van der Waals surface area contributed by atoms with Crippen LogP contribution in [0, 0.1) is 10.1 Å². The van der Waals surface area contributed by atoms with Gasteiger partial charge < -0.3 is 5.32 Å². The minimum atomic E-state index is -4.45. The highest BCUT2D eigenvalue weighted by Crippen LogP contribution is 2.31. The third-order valence-electron chi connectivity index (χ3n) is 2.30. The van der Waals surface area contributed by atoms with Crippen molar-refractivity contribution < 1.29 is 18.1 Å². The molecule has 9 heteroatoms. The molecule has 0 spiro atoms. The normalized spacial score (nSPS) is 11.2. The van der Waals surface area contributed by atoms with Crippen LogP contribution in [0.4, 0.5) is 30.5 Å². The van der Waals surface area contributed by atoms with E-state index in [9.17, 15) is 23.3 Å². The highest BCUT2D eigenvalue weighted by Gasteiger charge is 2.30. The Labute approximate surface area is 110 Å². The number of hydrogen-bond donors (Lipinski definition) is 1. The Hall–Kier alpha value is -2.71. The van der Waals surface area contributed by atoms with Crippen molar-refractivity contribution in [1.29, 1.82) is 0 Å². The summed E-state index contributed by atoms with van der Waals surface area (Å²) in [4.78, 5) is 17.0. The van der Waals surface area contributed by atoms with E-state index in [1.165, 1.54) is 12.1 Å². The molecule has 0 aliphatic heterocycles. The zero-order valence-electron chi connectivity index (χ0n) is 9.76. The van der Waals surface area contributed by atoms with Gasteiger partial charge in [-0.2, -0.15) is 13.2 Å². The van der Waals surface area contributed by atoms with E-state index in [0.717, 1.165) is 24.5 Å². The van der Waals surface area contributed by atoms with Crippen LogP contribution in [0.25, 0.3) is 0 Å². The number of rotatable bonds is 3. The smallest absolute Gasteiger partial charge is 0.324 e. The summed E-state index contributed by atoms with van der Waals surface area (Å²) in [5, 5.41) is 12.9. The maximum atomic E-state index is 12.5. The number of alkyl halides is 3. The van der Waals surface area contributed by atoms with Crippen LogP contribution in [-0.4, -0.2) is 14.9 Å². The number of nitro groups is 1. The van der Waals surface area contributed by atoms with Gasteiger partial charge in [0, 0.05) is 5.69 Å². The molecule has 0 saturated heterocycles. The molecule has 0 atom stereocenters. The summed E-state index contributed by atoms with van der Waals surface area (Å²) in [6, 6.07) is 4.46. The lowest BCUT2D eigenvalue weighted by Gasteiger charge is -2.09. The number of halogens is 3. The molecule has 1 aromatic carbocycles. The predicted molar refractivity (Wildman–Crippen MR) is 63.4 cm³/mol. The molecule has 0 aliphatic carbocycles. The van der Waals surface area contributed by atoms with Crippen LogP contribution < -0.4 is 5.32 Å². The molecule has 0 aliphatic rings. The average molecular weight is 284 g/mol. The zero-order chi connectivity index (χ0) is 14.8.